The molecule has 1 saturated carbocycles. The Bertz CT molecular complexity index is 1310. The Hall–Kier alpha value is -4.00. The Kier molecular flexibility index (Phi) is 7.30. The molecule has 0 aromatic heterocycles. The number of benzene rings is 1. The smallest absolute Gasteiger partial charge is 0.307 e. The molecule has 1 aromatic rings. The zero-order valence-corrected chi connectivity index (χ0v) is 21.3. The van der Waals surface area contributed by atoms with E-state index in [1.165, 1.54) is 51.0 Å². The average Bonchev–Trinajstić information content (AvgIpc) is 2.79. The van der Waals surface area contributed by atoms with Gasteiger partial charge in [-0.1, -0.05) is 18.7 Å². The molecule has 1 amide bonds. The van der Waals surface area contributed by atoms with Crippen LogP contribution in [-0.4, -0.2) is 79.6 Å². The van der Waals surface area contributed by atoms with Crippen LogP contribution in [0.15, 0.2) is 47.9 Å². The molecule has 0 bridgehead atoms. The van der Waals surface area contributed by atoms with E-state index in [9.17, 15) is 44.7 Å². The summed E-state index contributed by atoms with van der Waals surface area (Å²) in [4.78, 5) is 49.7. The van der Waals surface area contributed by atoms with Gasteiger partial charge in [-0.25, -0.2) is 0 Å². The summed E-state index contributed by atoms with van der Waals surface area (Å²) in [6.45, 7) is 5.88. The van der Waals surface area contributed by atoms with Crippen LogP contribution in [0.5, 0.6) is 5.75 Å². The first-order chi connectivity index (χ1) is 17.5. The Labute approximate surface area is 217 Å². The van der Waals surface area contributed by atoms with Crippen LogP contribution in [0.4, 0.5) is 0 Å². The van der Waals surface area contributed by atoms with E-state index >= 15 is 0 Å². The van der Waals surface area contributed by atoms with E-state index in [1.807, 2.05) is 0 Å². The summed E-state index contributed by atoms with van der Waals surface area (Å²) in [7, 11) is 3.01. The third kappa shape index (κ3) is 4.06. The normalized spacial score (nSPS) is 30.0. The standard InChI is InChI=1S/C22H24N2O8.C4H6O2/c1-21(31)8-5-4-6-11(25)12(8)16(26)13-9(21)7-10-15(24(2)3)17(27)14(20(23)30)19(29)22(10,32)18(13)28;1-3-6-4(2)5/h4-6,9-10,15,25-26,29,31-32H,7H2,1-3H3,(H2,23,30);3H,1H2,2H3/t9-,10-,15-,21+,22-;/m0./s1. The highest BCUT2D eigenvalue weighted by Crippen LogP contribution is 2.57. The summed E-state index contributed by atoms with van der Waals surface area (Å²) < 4.78 is 4.17. The zero-order valence-electron chi connectivity index (χ0n) is 21.3. The molecule has 1 fully saturated rings. The molecule has 4 rings (SSSR count). The van der Waals surface area contributed by atoms with Crippen molar-refractivity contribution in [2.24, 2.45) is 17.6 Å². The average molecular weight is 531 g/mol. The molecule has 12 nitrogen and oxygen atoms in total. The van der Waals surface area contributed by atoms with Crippen LogP contribution < -0.4 is 5.73 Å². The largest absolute Gasteiger partial charge is 0.508 e. The number of likely N-dealkylation sites (N-methyl/N-ethyl adjacent to an activating group) is 1. The topological polar surface area (TPSA) is 208 Å². The van der Waals surface area contributed by atoms with Crippen LogP contribution in [0.25, 0.3) is 5.76 Å². The maximum atomic E-state index is 13.7. The molecule has 12 heteroatoms. The zero-order chi connectivity index (χ0) is 28.9. The SMILES string of the molecule is C=COC(C)=O.CN(C)[C@@H]1C(=O)C(C(N)=O)=C(O)[C@@]2(O)C(=O)C3=C(O)c4c(O)cccc4[C@@](C)(O)[C@H]3C[C@@H]12. The molecule has 0 aliphatic heterocycles. The number of ketones is 2. The van der Waals surface area contributed by atoms with E-state index in [2.05, 4.69) is 11.3 Å². The maximum Gasteiger partial charge on any atom is 0.307 e. The molecule has 0 heterocycles. The lowest BCUT2D eigenvalue weighted by atomic mass is 9.54. The lowest BCUT2D eigenvalue weighted by molar-refractivity contribution is -0.159. The number of phenols is 1. The molecular weight excluding hydrogens is 500 g/mol. The summed E-state index contributed by atoms with van der Waals surface area (Å²) >= 11 is 0. The number of aromatic hydroxyl groups is 1. The van der Waals surface area contributed by atoms with Crippen molar-refractivity contribution in [1.82, 2.24) is 4.90 Å². The number of fused-ring (bicyclic) bond motifs is 3. The van der Waals surface area contributed by atoms with Gasteiger partial charge in [-0.2, -0.15) is 0 Å². The minimum absolute atomic E-state index is 0.170. The molecule has 204 valence electrons. The number of hydrogen-bond acceptors (Lipinski definition) is 11. The molecule has 3 aliphatic carbocycles. The summed E-state index contributed by atoms with van der Waals surface area (Å²) in [5, 5.41) is 54.9. The van der Waals surface area contributed by atoms with E-state index in [0.717, 1.165) is 6.26 Å². The Balaban J connectivity index is 0.000000599. The first kappa shape index (κ1) is 28.6. The third-order valence-corrected chi connectivity index (χ3v) is 7.27. The second-order valence-corrected chi connectivity index (χ2v) is 9.74. The van der Waals surface area contributed by atoms with Crippen molar-refractivity contribution in [3.8, 4) is 5.75 Å². The number of nitrogens with two attached hydrogens (primary N) is 1. The molecule has 0 spiro atoms. The van der Waals surface area contributed by atoms with Gasteiger partial charge in [0.1, 0.15) is 22.8 Å². The first-order valence-corrected chi connectivity index (χ1v) is 11.5. The van der Waals surface area contributed by atoms with Crippen LogP contribution in [0.2, 0.25) is 0 Å². The van der Waals surface area contributed by atoms with Crippen molar-refractivity contribution in [1.29, 1.82) is 0 Å². The van der Waals surface area contributed by atoms with Gasteiger partial charge in [-0.05, 0) is 39.1 Å². The van der Waals surface area contributed by atoms with E-state index < -0.39 is 75.0 Å². The van der Waals surface area contributed by atoms with Gasteiger partial charge in [0.15, 0.2) is 11.4 Å². The van der Waals surface area contributed by atoms with Crippen molar-refractivity contribution in [3.63, 3.8) is 0 Å². The molecule has 38 heavy (non-hydrogen) atoms. The van der Waals surface area contributed by atoms with Gasteiger partial charge < -0.3 is 36.0 Å². The predicted octanol–water partition coefficient (Wildman–Crippen LogP) is 0.322. The lowest BCUT2D eigenvalue weighted by Crippen LogP contribution is -2.67. The summed E-state index contributed by atoms with van der Waals surface area (Å²) in [5.41, 5.74) is -0.548. The quantitative estimate of drug-likeness (QED) is 0.178. The molecule has 0 radical (unpaired) electrons. The third-order valence-electron chi connectivity index (χ3n) is 7.27. The second kappa shape index (κ2) is 9.71. The Morgan fingerprint density at radius 2 is 1.79 bits per heavy atom. The number of ether oxygens (including phenoxy) is 1. The predicted molar refractivity (Wildman–Crippen MR) is 132 cm³/mol. The monoisotopic (exact) mass is 530 g/mol. The van der Waals surface area contributed by atoms with Gasteiger partial charge in [0.05, 0.1) is 23.5 Å². The minimum Gasteiger partial charge on any atom is -0.508 e. The van der Waals surface area contributed by atoms with Gasteiger partial charge >= 0.3 is 5.97 Å². The van der Waals surface area contributed by atoms with Gasteiger partial charge in [-0.15, -0.1) is 0 Å². The number of nitrogens with zero attached hydrogens (tertiary/aromatic N) is 1. The number of aliphatic hydroxyl groups is 4. The maximum absolute atomic E-state index is 13.7. The van der Waals surface area contributed by atoms with Crippen molar-refractivity contribution in [3.05, 3.63) is 59.1 Å². The van der Waals surface area contributed by atoms with Crippen LogP contribution in [0, 0.1) is 11.8 Å². The number of amides is 1. The van der Waals surface area contributed by atoms with Gasteiger partial charge in [0.25, 0.3) is 5.91 Å². The number of esters is 1. The van der Waals surface area contributed by atoms with Crippen molar-refractivity contribution in [2.45, 2.75) is 37.5 Å². The number of carbonyl (C=O) groups excluding carboxylic acids is 4. The number of rotatable bonds is 3. The molecule has 5 atom stereocenters. The lowest BCUT2D eigenvalue weighted by Gasteiger charge is -2.53. The van der Waals surface area contributed by atoms with Gasteiger partial charge in [-0.3, -0.25) is 24.1 Å². The molecule has 0 saturated heterocycles. The Morgan fingerprint density at radius 1 is 1.18 bits per heavy atom. The fourth-order valence-corrected chi connectivity index (χ4v) is 5.62. The van der Waals surface area contributed by atoms with E-state index in [0.29, 0.717) is 0 Å². The molecule has 7 N–H and O–H groups in total. The minimum atomic E-state index is -2.75. The fourth-order valence-electron chi connectivity index (χ4n) is 5.62. The fraction of sp³-hybridized carbons (Fsp3) is 0.385. The van der Waals surface area contributed by atoms with E-state index in [-0.39, 0.29) is 23.5 Å². The number of primary amides is 1. The van der Waals surface area contributed by atoms with Gasteiger partial charge in [0, 0.05) is 24.3 Å². The van der Waals surface area contributed by atoms with E-state index in [4.69, 9.17) is 5.73 Å². The van der Waals surface area contributed by atoms with Crippen LogP contribution >= 0.6 is 0 Å². The van der Waals surface area contributed by atoms with Crippen LogP contribution in [0.3, 0.4) is 0 Å². The number of Topliss-reactive ketones (excluding diaryl/α,β-unsaturated/α-hetero) is 2. The van der Waals surface area contributed by atoms with Crippen molar-refractivity contribution in [2.75, 3.05) is 14.1 Å². The first-order valence-electron chi connectivity index (χ1n) is 11.5. The highest BCUT2D eigenvalue weighted by molar-refractivity contribution is 6.24. The van der Waals surface area contributed by atoms with Crippen LogP contribution in [0.1, 0.15) is 31.4 Å². The van der Waals surface area contributed by atoms with E-state index in [1.54, 1.807) is 0 Å². The number of phenolic OH excluding ortho intramolecular Hbond substituents is 1. The summed E-state index contributed by atoms with van der Waals surface area (Å²) in [5.74, 6) is -8.23. The van der Waals surface area contributed by atoms with Gasteiger partial charge in [0.2, 0.25) is 5.78 Å². The summed E-state index contributed by atoms with van der Waals surface area (Å²) in [6, 6.07) is 3.02. The highest BCUT2D eigenvalue weighted by atomic mass is 16.5. The summed E-state index contributed by atoms with van der Waals surface area (Å²) in [6.07, 6.45) is 0.900. The number of carbonyl (C=O) groups is 4. The molecule has 3 aliphatic rings. The molecular formula is C26H30N2O10. The number of hydrogen-bond donors (Lipinski definition) is 6. The van der Waals surface area contributed by atoms with Crippen LogP contribution in [-0.2, 0) is 29.5 Å². The Morgan fingerprint density at radius 3 is 2.26 bits per heavy atom. The molecule has 1 aromatic carbocycles. The van der Waals surface area contributed by atoms with Crippen molar-refractivity contribution < 1.29 is 49.4 Å². The number of aliphatic hydroxyl groups excluding tert-OH is 2. The molecule has 0 unspecified atom stereocenters. The van der Waals surface area contributed by atoms with Crippen molar-refractivity contribution >= 4 is 29.2 Å². The second-order valence-electron chi connectivity index (χ2n) is 9.74. The highest BCUT2D eigenvalue weighted by Gasteiger charge is 2.66.